The van der Waals surface area contributed by atoms with E-state index in [9.17, 15) is 9.90 Å². The number of pyridine rings is 2. The van der Waals surface area contributed by atoms with Crippen molar-refractivity contribution in [3.63, 3.8) is 0 Å². The second kappa shape index (κ2) is 11.6. The highest BCUT2D eigenvalue weighted by molar-refractivity contribution is 6.01. The van der Waals surface area contributed by atoms with Gasteiger partial charge in [-0.2, -0.15) is 5.10 Å². The summed E-state index contributed by atoms with van der Waals surface area (Å²) < 4.78 is 31.5. The van der Waals surface area contributed by atoms with Crippen LogP contribution in [0.4, 0.5) is 4.39 Å². The molecule has 0 saturated carbocycles. The van der Waals surface area contributed by atoms with Gasteiger partial charge in [0.05, 0.1) is 35.3 Å². The van der Waals surface area contributed by atoms with Gasteiger partial charge in [-0.05, 0) is 95.0 Å². The summed E-state index contributed by atoms with van der Waals surface area (Å²) in [6, 6.07) is 13.6. The van der Waals surface area contributed by atoms with Crippen LogP contribution in [0.15, 0.2) is 54.9 Å². The molecule has 0 amide bonds. The highest BCUT2D eigenvalue weighted by Gasteiger charge is 2.34. The fourth-order valence-corrected chi connectivity index (χ4v) is 6.89. The fourth-order valence-electron chi connectivity index (χ4n) is 6.89. The maximum atomic E-state index is 15.8. The predicted octanol–water partition coefficient (Wildman–Crippen LogP) is 7.88. The van der Waals surface area contributed by atoms with Crippen molar-refractivity contribution in [1.29, 1.82) is 0 Å². The van der Waals surface area contributed by atoms with Crippen molar-refractivity contribution < 1.29 is 23.8 Å². The lowest BCUT2D eigenvalue weighted by Crippen LogP contribution is -2.28. The Balaban J connectivity index is 1.43. The minimum Gasteiger partial charge on any atom is -0.490 e. The maximum Gasteiger partial charge on any atom is 0.337 e. The Morgan fingerprint density at radius 2 is 1.83 bits per heavy atom. The zero-order chi connectivity index (χ0) is 34.1. The number of carboxylic acids is 1. The average Bonchev–Trinajstić information content (AvgIpc) is 3.59. The molecule has 0 fully saturated rings. The van der Waals surface area contributed by atoms with Gasteiger partial charge in [-0.3, -0.25) is 9.67 Å². The minimum atomic E-state index is -1.34. The van der Waals surface area contributed by atoms with E-state index in [2.05, 4.69) is 11.2 Å². The van der Waals surface area contributed by atoms with Crippen molar-refractivity contribution >= 4 is 27.9 Å². The van der Waals surface area contributed by atoms with Gasteiger partial charge in [0, 0.05) is 64.6 Å². The lowest BCUT2D eigenvalue weighted by Gasteiger charge is -2.29. The largest absolute Gasteiger partial charge is 0.490 e. The van der Waals surface area contributed by atoms with Gasteiger partial charge < -0.3 is 19.1 Å². The number of halogens is 1. The highest BCUT2D eigenvalue weighted by atomic mass is 19.1. The third kappa shape index (κ3) is 5.30. The molecule has 1 aliphatic heterocycles. The predicted molar refractivity (Wildman–Crippen MR) is 184 cm³/mol. The van der Waals surface area contributed by atoms with Crippen molar-refractivity contribution in [2.24, 2.45) is 14.1 Å². The molecule has 7 rings (SSSR count). The van der Waals surface area contributed by atoms with Gasteiger partial charge in [-0.25, -0.2) is 14.2 Å². The van der Waals surface area contributed by atoms with Gasteiger partial charge in [0.2, 0.25) is 0 Å². The van der Waals surface area contributed by atoms with E-state index in [-0.39, 0.29) is 5.75 Å². The summed E-state index contributed by atoms with van der Waals surface area (Å²) in [6.07, 6.45) is 3.77. The van der Waals surface area contributed by atoms with Crippen LogP contribution < -0.4 is 4.74 Å². The number of carbonyl (C=O) groups is 1. The molecule has 6 aromatic rings. The van der Waals surface area contributed by atoms with E-state index in [1.54, 1.807) is 6.92 Å². The molecule has 1 atom stereocenters. The summed E-state index contributed by atoms with van der Waals surface area (Å²) in [4.78, 5) is 22.6. The molecule has 0 unspecified atom stereocenters. The van der Waals surface area contributed by atoms with Crippen LogP contribution in [0.3, 0.4) is 0 Å². The number of fused-ring (bicyclic) bond motifs is 3. The molecule has 5 heterocycles. The monoisotopic (exact) mass is 647 g/mol. The van der Waals surface area contributed by atoms with Crippen LogP contribution >= 0.6 is 0 Å². The summed E-state index contributed by atoms with van der Waals surface area (Å²) >= 11 is 0. The van der Waals surface area contributed by atoms with Crippen molar-refractivity contribution in [3.05, 3.63) is 83.1 Å². The van der Waals surface area contributed by atoms with Crippen LogP contribution in [0.1, 0.15) is 55.7 Å². The molecular formula is C38H38FN5O4. The number of aliphatic carboxylic acids is 1. The first kappa shape index (κ1) is 31.5. The van der Waals surface area contributed by atoms with E-state index in [0.717, 1.165) is 51.0 Å². The summed E-state index contributed by atoms with van der Waals surface area (Å²) in [7, 11) is 3.84. The Labute approximate surface area is 278 Å². The summed E-state index contributed by atoms with van der Waals surface area (Å²) in [5, 5.41) is 16.6. The first-order chi connectivity index (χ1) is 22.8. The Bertz CT molecular complexity index is 2240. The average molecular weight is 648 g/mol. The smallest absolute Gasteiger partial charge is 0.337 e. The number of hydrogen-bond donors (Lipinski definition) is 1. The van der Waals surface area contributed by atoms with Crippen LogP contribution in [0.5, 0.6) is 5.75 Å². The first-order valence-electron chi connectivity index (χ1n) is 16.1. The Kier molecular flexibility index (Phi) is 7.58. The molecule has 48 heavy (non-hydrogen) atoms. The number of rotatable bonds is 6. The zero-order valence-corrected chi connectivity index (χ0v) is 28.2. The number of nitrogens with zero attached hydrogens (tertiary/aromatic N) is 5. The molecule has 9 nitrogen and oxygen atoms in total. The lowest BCUT2D eigenvalue weighted by molar-refractivity contribution is -0.160. The number of hydrogen-bond acceptors (Lipinski definition) is 6. The van der Waals surface area contributed by atoms with Crippen molar-refractivity contribution in [1.82, 2.24) is 24.3 Å². The quantitative estimate of drug-likeness (QED) is 0.196. The van der Waals surface area contributed by atoms with Crippen molar-refractivity contribution in [3.8, 4) is 39.4 Å². The van der Waals surface area contributed by atoms with Crippen molar-refractivity contribution in [2.45, 2.75) is 59.2 Å². The Morgan fingerprint density at radius 1 is 1.06 bits per heavy atom. The summed E-state index contributed by atoms with van der Waals surface area (Å²) in [6.45, 7) is 9.64. The summed E-state index contributed by atoms with van der Waals surface area (Å²) in [5.74, 6) is -1.34. The third-order valence-electron chi connectivity index (χ3n) is 9.17. The second-order valence-electron chi connectivity index (χ2n) is 13.5. The van der Waals surface area contributed by atoms with Crippen LogP contribution in [-0.2, 0) is 30.0 Å². The van der Waals surface area contributed by atoms with Gasteiger partial charge >= 0.3 is 5.97 Å². The van der Waals surface area contributed by atoms with E-state index in [4.69, 9.17) is 19.4 Å². The van der Waals surface area contributed by atoms with E-state index >= 15 is 4.39 Å². The SMILES string of the molecule is Cc1nc2c(cc(-c3ccc(-c4ccc5c(cnn5C)c4)nc3)n2C)c(-c2cc(F)c3c(c2C)CCCO3)c1[C@H](OC(C)(C)C)C(=O)O. The zero-order valence-electron chi connectivity index (χ0n) is 28.2. The van der Waals surface area contributed by atoms with Crippen LogP contribution in [0.25, 0.3) is 55.6 Å². The molecule has 0 saturated heterocycles. The number of aromatic nitrogens is 5. The van der Waals surface area contributed by atoms with Gasteiger partial charge in [-0.1, -0.05) is 6.07 Å². The lowest BCUT2D eigenvalue weighted by atomic mass is 9.86. The normalized spacial score (nSPS) is 13.9. The molecule has 0 bridgehead atoms. The van der Waals surface area contributed by atoms with Gasteiger partial charge in [0.25, 0.3) is 0 Å². The van der Waals surface area contributed by atoms with E-state index in [0.29, 0.717) is 46.4 Å². The van der Waals surface area contributed by atoms with Gasteiger partial charge in [0.15, 0.2) is 17.7 Å². The molecule has 0 aliphatic carbocycles. The number of aryl methyl sites for hydroxylation is 3. The number of carboxylic acid groups (broad SMARTS) is 1. The van der Waals surface area contributed by atoms with Crippen LogP contribution in [0.2, 0.25) is 0 Å². The van der Waals surface area contributed by atoms with E-state index in [1.165, 1.54) is 6.07 Å². The first-order valence-corrected chi connectivity index (χ1v) is 16.1. The van der Waals surface area contributed by atoms with E-state index in [1.807, 2.05) is 93.8 Å². The topological polar surface area (TPSA) is 104 Å². The minimum absolute atomic E-state index is 0.273. The molecule has 4 aromatic heterocycles. The molecule has 1 N–H and O–H groups in total. The summed E-state index contributed by atoms with van der Waals surface area (Å²) in [5.41, 5.74) is 8.15. The molecule has 10 heteroatoms. The standard InChI is InChI=1S/C38H38FN5O4/c1-20-25-9-8-14-47-34(25)28(39)16-26(20)33-27-17-31(43(6)36(27)42-21(2)32(33)35(37(45)46)48-38(3,4)5)23-10-12-29(40-18-23)22-11-13-30-24(15-22)19-41-44(30)7/h10-13,15-19,35H,8-9,14H2,1-7H3,(H,45,46)/t35-/m0/s1. The van der Waals surface area contributed by atoms with Gasteiger partial charge in [-0.15, -0.1) is 0 Å². The molecule has 0 spiro atoms. The third-order valence-corrected chi connectivity index (χ3v) is 9.17. The molecule has 246 valence electrons. The molecule has 0 radical (unpaired) electrons. The molecule has 2 aromatic carbocycles. The Morgan fingerprint density at radius 3 is 2.54 bits per heavy atom. The Hall–Kier alpha value is -5.09. The number of ether oxygens (including phenoxy) is 2. The highest BCUT2D eigenvalue weighted by Crippen LogP contribution is 2.45. The molecular weight excluding hydrogens is 609 g/mol. The van der Waals surface area contributed by atoms with Crippen LogP contribution in [-0.4, -0.2) is 47.6 Å². The fraction of sp³-hybridized carbons (Fsp3) is 0.316. The number of benzene rings is 2. The van der Waals surface area contributed by atoms with Gasteiger partial charge in [0.1, 0.15) is 5.65 Å². The second-order valence-corrected chi connectivity index (χ2v) is 13.5. The van der Waals surface area contributed by atoms with E-state index < -0.39 is 23.5 Å². The maximum absolute atomic E-state index is 15.8. The molecule has 1 aliphatic rings. The van der Waals surface area contributed by atoms with Crippen molar-refractivity contribution in [2.75, 3.05) is 6.61 Å². The van der Waals surface area contributed by atoms with Crippen LogP contribution in [0, 0.1) is 19.7 Å².